The first-order valence-corrected chi connectivity index (χ1v) is 5.70. The molecule has 0 bridgehead atoms. The Bertz CT molecular complexity index is 521. The van der Waals surface area contributed by atoms with Crippen molar-refractivity contribution in [2.75, 3.05) is 32.5 Å². The van der Waals surface area contributed by atoms with Crippen LogP contribution >= 0.6 is 0 Å². The van der Waals surface area contributed by atoms with Gasteiger partial charge in [-0.2, -0.15) is 0 Å². The number of hydrogen-bond acceptors (Lipinski definition) is 3. The van der Waals surface area contributed by atoms with Crippen molar-refractivity contribution in [1.82, 2.24) is 10.2 Å². The number of anilines is 1. The molecule has 110 valence electrons. The third kappa shape index (κ3) is 4.23. The van der Waals surface area contributed by atoms with Gasteiger partial charge >= 0.3 is 11.8 Å². The van der Waals surface area contributed by atoms with Crippen LogP contribution in [0.25, 0.3) is 0 Å². The number of nitrogens with zero attached hydrogens (tertiary/aromatic N) is 1. The molecule has 20 heavy (non-hydrogen) atoms. The Labute approximate surface area is 113 Å². The Hall–Kier alpha value is -2.09. The first-order chi connectivity index (χ1) is 9.32. The summed E-state index contributed by atoms with van der Waals surface area (Å²) in [6.07, 6.45) is 0. The predicted molar refractivity (Wildman–Crippen MR) is 66.5 cm³/mol. The van der Waals surface area contributed by atoms with Gasteiger partial charge in [0.1, 0.15) is 0 Å². The van der Waals surface area contributed by atoms with Crippen LogP contribution in [0, 0.1) is 17.5 Å². The maximum atomic E-state index is 13.3. The summed E-state index contributed by atoms with van der Waals surface area (Å²) >= 11 is 0. The van der Waals surface area contributed by atoms with Crippen LogP contribution < -0.4 is 10.6 Å². The van der Waals surface area contributed by atoms with Gasteiger partial charge in [0.05, 0.1) is 5.69 Å². The maximum absolute atomic E-state index is 13.3. The van der Waals surface area contributed by atoms with Crippen LogP contribution in [-0.2, 0) is 9.59 Å². The van der Waals surface area contributed by atoms with Gasteiger partial charge in [0, 0.05) is 13.1 Å². The van der Waals surface area contributed by atoms with Gasteiger partial charge in [0.2, 0.25) is 0 Å². The molecule has 0 aromatic heterocycles. The molecule has 0 heterocycles. The van der Waals surface area contributed by atoms with Gasteiger partial charge in [-0.25, -0.2) is 13.2 Å². The van der Waals surface area contributed by atoms with Crippen LogP contribution in [-0.4, -0.2) is 43.9 Å². The minimum Gasteiger partial charge on any atom is -0.347 e. The zero-order valence-corrected chi connectivity index (χ0v) is 11.0. The molecule has 0 saturated heterocycles. The lowest BCUT2D eigenvalue weighted by Gasteiger charge is -2.10. The van der Waals surface area contributed by atoms with Gasteiger partial charge in [-0.3, -0.25) is 9.59 Å². The highest BCUT2D eigenvalue weighted by molar-refractivity contribution is 6.39. The molecule has 8 heteroatoms. The zero-order chi connectivity index (χ0) is 15.3. The molecule has 0 saturated carbocycles. The minimum absolute atomic E-state index is 0.222. The Morgan fingerprint density at radius 2 is 1.75 bits per heavy atom. The van der Waals surface area contributed by atoms with Gasteiger partial charge in [-0.05, 0) is 26.2 Å². The number of likely N-dealkylation sites (N-methyl/N-ethyl adjacent to an activating group) is 1. The number of carbonyl (C=O) groups excluding carboxylic acids is 2. The molecule has 0 spiro atoms. The second-order valence-electron chi connectivity index (χ2n) is 4.24. The van der Waals surface area contributed by atoms with Gasteiger partial charge in [0.15, 0.2) is 17.5 Å². The van der Waals surface area contributed by atoms with Crippen LogP contribution in [0.2, 0.25) is 0 Å². The zero-order valence-electron chi connectivity index (χ0n) is 11.0. The summed E-state index contributed by atoms with van der Waals surface area (Å²) in [4.78, 5) is 24.6. The van der Waals surface area contributed by atoms with Crippen molar-refractivity contribution >= 4 is 17.5 Å². The van der Waals surface area contributed by atoms with E-state index in [1.807, 2.05) is 5.32 Å². The van der Waals surface area contributed by atoms with E-state index < -0.39 is 35.0 Å². The van der Waals surface area contributed by atoms with E-state index in [-0.39, 0.29) is 6.54 Å². The highest BCUT2D eigenvalue weighted by atomic mass is 19.2. The quantitative estimate of drug-likeness (QED) is 0.634. The van der Waals surface area contributed by atoms with E-state index in [4.69, 9.17) is 0 Å². The monoisotopic (exact) mass is 289 g/mol. The van der Waals surface area contributed by atoms with Crippen LogP contribution in [0.3, 0.4) is 0 Å². The molecule has 5 nitrogen and oxygen atoms in total. The number of hydrogen-bond donors (Lipinski definition) is 2. The van der Waals surface area contributed by atoms with Crippen molar-refractivity contribution in [2.45, 2.75) is 0 Å². The fraction of sp³-hybridized carbons (Fsp3) is 0.333. The molecule has 0 aliphatic carbocycles. The topological polar surface area (TPSA) is 61.4 Å². The molecule has 0 fully saturated rings. The fourth-order valence-electron chi connectivity index (χ4n) is 1.27. The van der Waals surface area contributed by atoms with Crippen molar-refractivity contribution in [3.05, 3.63) is 29.6 Å². The molecule has 0 unspecified atom stereocenters. The van der Waals surface area contributed by atoms with E-state index in [0.29, 0.717) is 12.6 Å². The Balaban J connectivity index is 2.62. The van der Waals surface area contributed by atoms with E-state index in [9.17, 15) is 22.8 Å². The third-order valence-electron chi connectivity index (χ3n) is 2.33. The Kier molecular flexibility index (Phi) is 5.51. The number of nitrogens with one attached hydrogen (secondary N) is 2. The lowest BCUT2D eigenvalue weighted by molar-refractivity contribution is -0.136. The first kappa shape index (κ1) is 16.0. The summed E-state index contributed by atoms with van der Waals surface area (Å²) in [5.41, 5.74) is -0.600. The SMILES string of the molecule is CN(C)CCNC(=O)C(=O)Nc1ccc(F)c(F)c1F. The van der Waals surface area contributed by atoms with E-state index in [1.54, 1.807) is 19.0 Å². The van der Waals surface area contributed by atoms with Crippen molar-refractivity contribution in [1.29, 1.82) is 0 Å². The van der Waals surface area contributed by atoms with Gasteiger partial charge < -0.3 is 15.5 Å². The van der Waals surface area contributed by atoms with Crippen molar-refractivity contribution in [3.8, 4) is 0 Å². The number of rotatable bonds is 4. The molecule has 1 aromatic rings. The lowest BCUT2D eigenvalue weighted by Crippen LogP contribution is -2.39. The molecule has 0 radical (unpaired) electrons. The molecule has 1 aromatic carbocycles. The highest BCUT2D eigenvalue weighted by Gasteiger charge is 2.18. The highest BCUT2D eigenvalue weighted by Crippen LogP contribution is 2.19. The number of amides is 2. The smallest absolute Gasteiger partial charge is 0.313 e. The summed E-state index contributed by atoms with van der Waals surface area (Å²) in [5.74, 6) is -6.80. The normalized spacial score (nSPS) is 10.5. The van der Waals surface area contributed by atoms with Crippen LogP contribution in [0.5, 0.6) is 0 Å². The molecule has 2 N–H and O–H groups in total. The Morgan fingerprint density at radius 3 is 2.35 bits per heavy atom. The van der Waals surface area contributed by atoms with Gasteiger partial charge in [-0.1, -0.05) is 0 Å². The average molecular weight is 289 g/mol. The molecule has 2 amide bonds. The average Bonchev–Trinajstić information content (AvgIpc) is 2.38. The largest absolute Gasteiger partial charge is 0.347 e. The van der Waals surface area contributed by atoms with Crippen LogP contribution in [0.4, 0.5) is 18.9 Å². The molecule has 1 rings (SSSR count). The van der Waals surface area contributed by atoms with E-state index in [2.05, 4.69) is 5.32 Å². The van der Waals surface area contributed by atoms with Crippen molar-refractivity contribution < 1.29 is 22.8 Å². The van der Waals surface area contributed by atoms with Crippen LogP contribution in [0.15, 0.2) is 12.1 Å². The molecule has 0 aliphatic heterocycles. The molecule has 0 atom stereocenters. The van der Waals surface area contributed by atoms with E-state index in [1.165, 1.54) is 0 Å². The fourth-order valence-corrected chi connectivity index (χ4v) is 1.27. The predicted octanol–water partition coefficient (Wildman–Crippen LogP) is 0.720. The van der Waals surface area contributed by atoms with Gasteiger partial charge in [0.25, 0.3) is 0 Å². The third-order valence-corrected chi connectivity index (χ3v) is 2.33. The summed E-state index contributed by atoms with van der Waals surface area (Å²) < 4.78 is 38.9. The van der Waals surface area contributed by atoms with Crippen molar-refractivity contribution in [3.63, 3.8) is 0 Å². The minimum atomic E-state index is -1.71. The molecular weight excluding hydrogens is 275 g/mol. The lowest BCUT2D eigenvalue weighted by atomic mass is 10.2. The van der Waals surface area contributed by atoms with E-state index in [0.717, 1.165) is 6.07 Å². The summed E-state index contributed by atoms with van der Waals surface area (Å²) in [5, 5.41) is 4.17. The standard InChI is InChI=1S/C12H14F3N3O2/c1-18(2)6-5-16-11(19)12(20)17-8-4-3-7(13)9(14)10(8)15/h3-4H,5-6H2,1-2H3,(H,16,19)(H,17,20). The number of halogens is 3. The Morgan fingerprint density at radius 1 is 1.10 bits per heavy atom. The van der Waals surface area contributed by atoms with Gasteiger partial charge in [-0.15, -0.1) is 0 Å². The van der Waals surface area contributed by atoms with Crippen LogP contribution in [0.1, 0.15) is 0 Å². The second-order valence-corrected chi connectivity index (χ2v) is 4.24. The summed E-state index contributed by atoms with van der Waals surface area (Å²) in [7, 11) is 3.56. The second kappa shape index (κ2) is 6.90. The first-order valence-electron chi connectivity index (χ1n) is 5.70. The summed E-state index contributed by atoms with van der Waals surface area (Å²) in [6, 6.07) is 1.48. The number of benzene rings is 1. The maximum Gasteiger partial charge on any atom is 0.313 e. The molecular formula is C12H14F3N3O2. The molecule has 0 aliphatic rings. The number of carbonyl (C=O) groups is 2. The van der Waals surface area contributed by atoms with Crippen molar-refractivity contribution in [2.24, 2.45) is 0 Å². The summed E-state index contributed by atoms with van der Waals surface area (Å²) in [6.45, 7) is 0.734. The van der Waals surface area contributed by atoms with E-state index >= 15 is 0 Å².